The van der Waals surface area contributed by atoms with Crippen molar-refractivity contribution < 1.29 is 19.1 Å². The molecule has 0 spiro atoms. The molecule has 0 radical (unpaired) electrons. The van der Waals surface area contributed by atoms with Gasteiger partial charge in [0.05, 0.1) is 18.4 Å². The fraction of sp³-hybridized carbons (Fsp3) is 0.550. The van der Waals surface area contributed by atoms with Crippen molar-refractivity contribution in [2.45, 2.75) is 51.6 Å². The molecule has 0 unspecified atom stereocenters. The third-order valence-electron chi connectivity index (χ3n) is 5.19. The van der Waals surface area contributed by atoms with Crippen LogP contribution in [-0.2, 0) is 14.3 Å². The van der Waals surface area contributed by atoms with Crippen molar-refractivity contribution in [2.24, 2.45) is 5.92 Å². The van der Waals surface area contributed by atoms with Gasteiger partial charge in [0.1, 0.15) is 0 Å². The van der Waals surface area contributed by atoms with E-state index in [9.17, 15) is 14.4 Å². The van der Waals surface area contributed by atoms with Crippen LogP contribution in [0.3, 0.4) is 0 Å². The summed E-state index contributed by atoms with van der Waals surface area (Å²) in [6.07, 6.45) is 5.50. The molecular formula is C20H27N3O4. The lowest BCUT2D eigenvalue weighted by atomic mass is 9.88. The van der Waals surface area contributed by atoms with E-state index in [-0.39, 0.29) is 30.6 Å². The topological polar surface area (TPSA) is 87.7 Å². The molecule has 2 aliphatic rings. The quantitative estimate of drug-likeness (QED) is 0.748. The van der Waals surface area contributed by atoms with Gasteiger partial charge in [0.15, 0.2) is 0 Å². The standard InChI is InChI=1S/C20H27N3O4/c1-14-4-2-3-5-17(14)27-13-12-21-20(26)15-6-8-16(9-7-15)23-19(25)11-10-18(24)22-23/h6-9,14,17H,2-5,10-13H2,1H3,(H,21,26)(H,22,24)/t14-,17+/m0/s1. The van der Waals surface area contributed by atoms with Gasteiger partial charge < -0.3 is 10.1 Å². The number of carbonyl (C=O) groups is 3. The summed E-state index contributed by atoms with van der Waals surface area (Å²) in [6.45, 7) is 3.19. The molecule has 1 aromatic carbocycles. The Hall–Kier alpha value is -2.41. The number of benzene rings is 1. The van der Waals surface area contributed by atoms with E-state index in [1.807, 2.05) is 0 Å². The average Bonchev–Trinajstić information content (AvgIpc) is 2.68. The van der Waals surface area contributed by atoms with Crippen molar-refractivity contribution >= 4 is 23.4 Å². The van der Waals surface area contributed by atoms with E-state index >= 15 is 0 Å². The number of hydrogen-bond acceptors (Lipinski definition) is 4. The number of carbonyl (C=O) groups excluding carboxylic acids is 3. The Kier molecular flexibility index (Phi) is 6.45. The van der Waals surface area contributed by atoms with E-state index in [2.05, 4.69) is 17.7 Å². The van der Waals surface area contributed by atoms with Gasteiger partial charge in [0.2, 0.25) is 11.8 Å². The Balaban J connectivity index is 1.46. The number of amides is 3. The lowest BCUT2D eigenvalue weighted by Crippen LogP contribution is -2.50. The largest absolute Gasteiger partial charge is 0.376 e. The Labute approximate surface area is 159 Å². The number of nitrogens with zero attached hydrogens (tertiary/aromatic N) is 1. The van der Waals surface area contributed by atoms with E-state index in [0.717, 1.165) is 6.42 Å². The van der Waals surface area contributed by atoms with Crippen LogP contribution < -0.4 is 15.8 Å². The number of anilines is 1. The third-order valence-corrected chi connectivity index (χ3v) is 5.19. The van der Waals surface area contributed by atoms with Crippen molar-refractivity contribution in [3.8, 4) is 0 Å². The van der Waals surface area contributed by atoms with Crippen molar-refractivity contribution in [2.75, 3.05) is 18.2 Å². The summed E-state index contributed by atoms with van der Waals surface area (Å²) in [5, 5.41) is 4.08. The van der Waals surface area contributed by atoms with Crippen LogP contribution in [0.25, 0.3) is 0 Å². The van der Waals surface area contributed by atoms with Gasteiger partial charge in [-0.3, -0.25) is 19.8 Å². The molecule has 1 heterocycles. The van der Waals surface area contributed by atoms with Gasteiger partial charge in [-0.15, -0.1) is 0 Å². The highest BCUT2D eigenvalue weighted by molar-refractivity contribution is 6.01. The fourth-order valence-corrected chi connectivity index (χ4v) is 3.55. The lowest BCUT2D eigenvalue weighted by molar-refractivity contribution is -0.130. The first-order chi connectivity index (χ1) is 13.0. The molecule has 1 aliphatic heterocycles. The summed E-state index contributed by atoms with van der Waals surface area (Å²) in [5.74, 6) is 0.0421. The second-order valence-electron chi connectivity index (χ2n) is 7.24. The SMILES string of the molecule is C[C@H]1CCCC[C@H]1OCCNC(=O)c1ccc(N2NC(=O)CCC2=O)cc1. The fourth-order valence-electron chi connectivity index (χ4n) is 3.55. The molecular weight excluding hydrogens is 346 g/mol. The highest BCUT2D eigenvalue weighted by atomic mass is 16.5. The smallest absolute Gasteiger partial charge is 0.251 e. The first-order valence-electron chi connectivity index (χ1n) is 9.67. The van der Waals surface area contributed by atoms with Crippen molar-refractivity contribution in [1.29, 1.82) is 0 Å². The molecule has 0 aromatic heterocycles. The molecule has 2 fully saturated rings. The molecule has 3 amide bonds. The van der Waals surface area contributed by atoms with Gasteiger partial charge in [-0.1, -0.05) is 19.8 Å². The minimum absolute atomic E-state index is 0.166. The van der Waals surface area contributed by atoms with Crippen LogP contribution in [0.2, 0.25) is 0 Å². The summed E-state index contributed by atoms with van der Waals surface area (Å²) in [7, 11) is 0. The molecule has 3 rings (SSSR count). The van der Waals surface area contributed by atoms with Crippen molar-refractivity contribution in [1.82, 2.24) is 10.7 Å². The Bertz CT molecular complexity index is 689. The van der Waals surface area contributed by atoms with Crippen LogP contribution >= 0.6 is 0 Å². The van der Waals surface area contributed by atoms with Crippen molar-refractivity contribution in [3.63, 3.8) is 0 Å². The summed E-state index contributed by atoms with van der Waals surface area (Å²) >= 11 is 0. The summed E-state index contributed by atoms with van der Waals surface area (Å²) < 4.78 is 5.90. The number of rotatable bonds is 6. The summed E-state index contributed by atoms with van der Waals surface area (Å²) in [6, 6.07) is 6.59. The maximum atomic E-state index is 12.2. The van der Waals surface area contributed by atoms with Crippen LogP contribution in [0.4, 0.5) is 5.69 Å². The van der Waals surface area contributed by atoms with Crippen LogP contribution in [0.5, 0.6) is 0 Å². The molecule has 2 atom stereocenters. The molecule has 27 heavy (non-hydrogen) atoms. The minimum Gasteiger partial charge on any atom is -0.376 e. The second kappa shape index (κ2) is 8.99. The van der Waals surface area contributed by atoms with Crippen LogP contribution in [0.1, 0.15) is 55.8 Å². The van der Waals surface area contributed by atoms with Gasteiger partial charge in [0, 0.05) is 24.9 Å². The maximum absolute atomic E-state index is 12.2. The first-order valence-corrected chi connectivity index (χ1v) is 9.67. The van der Waals surface area contributed by atoms with Gasteiger partial charge in [0.25, 0.3) is 5.91 Å². The molecule has 7 nitrogen and oxygen atoms in total. The predicted molar refractivity (Wildman–Crippen MR) is 101 cm³/mol. The zero-order valence-corrected chi connectivity index (χ0v) is 15.7. The molecule has 2 N–H and O–H groups in total. The van der Waals surface area contributed by atoms with Gasteiger partial charge >= 0.3 is 0 Å². The third kappa shape index (κ3) is 5.07. The van der Waals surface area contributed by atoms with Crippen LogP contribution in [0, 0.1) is 5.92 Å². The molecule has 1 aromatic rings. The monoisotopic (exact) mass is 373 g/mol. The first kappa shape index (κ1) is 19.4. The normalized spacial score (nSPS) is 23.1. The molecule has 1 aliphatic carbocycles. The summed E-state index contributed by atoms with van der Waals surface area (Å²) in [5.41, 5.74) is 3.58. The van der Waals surface area contributed by atoms with Gasteiger partial charge in [-0.25, -0.2) is 5.01 Å². The highest BCUT2D eigenvalue weighted by Gasteiger charge is 2.24. The molecule has 7 heteroatoms. The van der Waals surface area contributed by atoms with E-state index < -0.39 is 0 Å². The number of ether oxygens (including phenoxy) is 1. The lowest BCUT2D eigenvalue weighted by Gasteiger charge is -2.28. The molecule has 1 saturated carbocycles. The molecule has 146 valence electrons. The number of hydrazine groups is 1. The Morgan fingerprint density at radius 2 is 1.93 bits per heavy atom. The molecule has 0 bridgehead atoms. The van der Waals surface area contributed by atoms with E-state index in [1.54, 1.807) is 24.3 Å². The zero-order valence-electron chi connectivity index (χ0n) is 15.7. The van der Waals surface area contributed by atoms with E-state index in [1.165, 1.54) is 24.3 Å². The van der Waals surface area contributed by atoms with Crippen LogP contribution in [-0.4, -0.2) is 37.0 Å². The molecule has 1 saturated heterocycles. The predicted octanol–water partition coefficient (Wildman–Crippen LogP) is 2.17. The van der Waals surface area contributed by atoms with Crippen LogP contribution in [0.15, 0.2) is 24.3 Å². The van der Waals surface area contributed by atoms with E-state index in [4.69, 9.17) is 4.74 Å². The summed E-state index contributed by atoms with van der Waals surface area (Å²) in [4.78, 5) is 35.6. The highest BCUT2D eigenvalue weighted by Crippen LogP contribution is 2.26. The maximum Gasteiger partial charge on any atom is 0.251 e. The minimum atomic E-state index is -0.191. The second-order valence-corrected chi connectivity index (χ2v) is 7.24. The Morgan fingerprint density at radius 3 is 2.67 bits per heavy atom. The van der Waals surface area contributed by atoms with E-state index in [0.29, 0.717) is 36.4 Å². The van der Waals surface area contributed by atoms with Gasteiger partial charge in [-0.05, 0) is 43.0 Å². The number of nitrogens with one attached hydrogen (secondary N) is 2. The Morgan fingerprint density at radius 1 is 1.19 bits per heavy atom. The van der Waals surface area contributed by atoms with Gasteiger partial charge in [-0.2, -0.15) is 0 Å². The number of hydrogen-bond donors (Lipinski definition) is 2. The average molecular weight is 373 g/mol. The zero-order chi connectivity index (χ0) is 19.2. The van der Waals surface area contributed by atoms with Crippen molar-refractivity contribution in [3.05, 3.63) is 29.8 Å².